The number of aromatic nitrogens is 1. The number of rotatable bonds is 1. The van der Waals surface area contributed by atoms with Crippen molar-refractivity contribution in [2.24, 2.45) is 0 Å². The summed E-state index contributed by atoms with van der Waals surface area (Å²) in [5.74, 6) is 0. The molecule has 1 aliphatic heterocycles. The first-order valence-corrected chi connectivity index (χ1v) is 6.90. The molecule has 0 saturated carbocycles. The molecule has 2 nitrogen and oxygen atoms in total. The second-order valence-electron chi connectivity index (χ2n) is 5.22. The van der Waals surface area contributed by atoms with Gasteiger partial charge in [-0.15, -0.1) is 0 Å². The Balaban J connectivity index is 1.85. The van der Waals surface area contributed by atoms with Crippen molar-refractivity contribution in [2.75, 3.05) is 11.9 Å². The van der Waals surface area contributed by atoms with Crippen LogP contribution >= 0.6 is 0 Å². The van der Waals surface area contributed by atoms with Crippen LogP contribution < -0.4 is 4.90 Å². The second kappa shape index (κ2) is 4.27. The summed E-state index contributed by atoms with van der Waals surface area (Å²) >= 11 is 0. The molecule has 0 aliphatic carbocycles. The van der Waals surface area contributed by atoms with Crippen LogP contribution in [0.4, 0.5) is 5.69 Å². The van der Waals surface area contributed by atoms with Gasteiger partial charge in [0.25, 0.3) is 0 Å². The number of nitrogens with zero attached hydrogens (tertiary/aromatic N) is 2. The van der Waals surface area contributed by atoms with Crippen LogP contribution in [0.2, 0.25) is 0 Å². The van der Waals surface area contributed by atoms with Gasteiger partial charge in [0, 0.05) is 18.9 Å². The second-order valence-corrected chi connectivity index (χ2v) is 5.22. The third kappa shape index (κ3) is 1.58. The van der Waals surface area contributed by atoms with Crippen molar-refractivity contribution in [2.45, 2.75) is 6.17 Å². The highest BCUT2D eigenvalue weighted by Gasteiger charge is 2.20. The molecule has 0 N–H and O–H groups in total. The SMILES string of the molecule is CN1c2ccccc2C=CC1n1ccc2ccccc21. The van der Waals surface area contributed by atoms with E-state index in [1.807, 2.05) is 0 Å². The smallest absolute Gasteiger partial charge is 0.125 e. The Hall–Kier alpha value is -2.48. The van der Waals surface area contributed by atoms with Crippen LogP contribution in [0.3, 0.4) is 0 Å². The van der Waals surface area contributed by atoms with E-state index < -0.39 is 0 Å². The molecule has 0 radical (unpaired) electrons. The predicted octanol–water partition coefficient (Wildman–Crippen LogP) is 4.30. The topological polar surface area (TPSA) is 8.17 Å². The van der Waals surface area contributed by atoms with E-state index in [2.05, 4.69) is 89.5 Å². The van der Waals surface area contributed by atoms with Gasteiger partial charge >= 0.3 is 0 Å². The molecule has 1 aliphatic rings. The number of hydrogen-bond donors (Lipinski definition) is 0. The van der Waals surface area contributed by atoms with Crippen LogP contribution in [0.15, 0.2) is 66.9 Å². The van der Waals surface area contributed by atoms with Crippen LogP contribution in [-0.2, 0) is 0 Å². The zero-order valence-corrected chi connectivity index (χ0v) is 11.4. The fourth-order valence-electron chi connectivity index (χ4n) is 3.03. The van der Waals surface area contributed by atoms with Crippen LogP contribution in [0.5, 0.6) is 0 Å². The molecule has 0 spiro atoms. The average molecular weight is 260 g/mol. The molecule has 2 heterocycles. The molecule has 0 bridgehead atoms. The molecule has 1 unspecified atom stereocenters. The molecular formula is C18H16N2. The highest BCUT2D eigenvalue weighted by Crippen LogP contribution is 2.33. The lowest BCUT2D eigenvalue weighted by atomic mass is 10.1. The summed E-state index contributed by atoms with van der Waals surface area (Å²) in [6.45, 7) is 0. The summed E-state index contributed by atoms with van der Waals surface area (Å²) in [7, 11) is 2.15. The van der Waals surface area contributed by atoms with Crippen LogP contribution in [0, 0.1) is 0 Å². The van der Waals surface area contributed by atoms with Gasteiger partial charge in [0.1, 0.15) is 6.17 Å². The molecular weight excluding hydrogens is 244 g/mol. The summed E-state index contributed by atoms with van der Waals surface area (Å²) in [5.41, 5.74) is 3.83. The first-order chi connectivity index (χ1) is 9.84. The highest BCUT2D eigenvalue weighted by atomic mass is 15.3. The van der Waals surface area contributed by atoms with Gasteiger partial charge in [-0.05, 0) is 35.2 Å². The number of hydrogen-bond acceptors (Lipinski definition) is 1. The van der Waals surface area contributed by atoms with Gasteiger partial charge in [-0.25, -0.2) is 0 Å². The van der Waals surface area contributed by atoms with Crippen molar-refractivity contribution < 1.29 is 0 Å². The average Bonchev–Trinajstić information content (AvgIpc) is 2.92. The lowest BCUT2D eigenvalue weighted by molar-refractivity contribution is 0.609. The van der Waals surface area contributed by atoms with E-state index in [0.717, 1.165) is 0 Å². The monoisotopic (exact) mass is 260 g/mol. The quantitative estimate of drug-likeness (QED) is 0.633. The lowest BCUT2D eigenvalue weighted by Gasteiger charge is -2.33. The standard InChI is InChI=1S/C18H16N2/c1-19-16-8-4-2-6-14(16)10-11-18(19)20-13-12-15-7-3-5-9-17(15)20/h2-13,18H,1H3. The van der Waals surface area contributed by atoms with Crippen molar-refractivity contribution in [3.63, 3.8) is 0 Å². The Morgan fingerprint density at radius 2 is 1.70 bits per heavy atom. The molecule has 20 heavy (non-hydrogen) atoms. The summed E-state index contributed by atoms with van der Waals surface area (Å²) in [4.78, 5) is 2.32. The summed E-state index contributed by atoms with van der Waals surface area (Å²) in [5, 5.41) is 1.29. The highest BCUT2D eigenvalue weighted by molar-refractivity contribution is 5.81. The Bertz CT molecular complexity index is 798. The minimum atomic E-state index is 0.227. The molecule has 1 atom stereocenters. The normalized spacial score (nSPS) is 17.4. The maximum Gasteiger partial charge on any atom is 0.125 e. The number of benzene rings is 2. The first kappa shape index (κ1) is 11.4. The van der Waals surface area contributed by atoms with Crippen molar-refractivity contribution >= 4 is 22.7 Å². The van der Waals surface area contributed by atoms with Gasteiger partial charge in [0.05, 0.1) is 5.52 Å². The molecule has 0 amide bonds. The van der Waals surface area contributed by atoms with E-state index in [-0.39, 0.29) is 6.17 Å². The molecule has 3 aromatic rings. The molecule has 98 valence electrons. The fraction of sp³-hybridized carbons (Fsp3) is 0.111. The van der Waals surface area contributed by atoms with E-state index in [9.17, 15) is 0 Å². The molecule has 2 heteroatoms. The van der Waals surface area contributed by atoms with Gasteiger partial charge in [-0.1, -0.05) is 42.5 Å². The number of likely N-dealkylation sites (N-methyl/N-ethyl adjacent to an activating group) is 1. The molecule has 0 fully saturated rings. The van der Waals surface area contributed by atoms with E-state index >= 15 is 0 Å². The van der Waals surface area contributed by atoms with Crippen LogP contribution in [0.25, 0.3) is 17.0 Å². The first-order valence-electron chi connectivity index (χ1n) is 6.90. The Morgan fingerprint density at radius 3 is 2.65 bits per heavy atom. The van der Waals surface area contributed by atoms with Crippen molar-refractivity contribution in [3.05, 3.63) is 72.4 Å². The van der Waals surface area contributed by atoms with E-state index in [0.29, 0.717) is 0 Å². The third-order valence-corrected chi connectivity index (χ3v) is 4.08. The Morgan fingerprint density at radius 1 is 0.900 bits per heavy atom. The van der Waals surface area contributed by atoms with Gasteiger partial charge in [0.15, 0.2) is 0 Å². The van der Waals surface area contributed by atoms with Crippen LogP contribution in [-0.4, -0.2) is 11.6 Å². The third-order valence-electron chi connectivity index (χ3n) is 4.08. The Kier molecular flexibility index (Phi) is 2.43. The zero-order chi connectivity index (χ0) is 13.5. The number of anilines is 1. The van der Waals surface area contributed by atoms with Gasteiger partial charge in [-0.3, -0.25) is 0 Å². The molecule has 0 saturated heterocycles. The van der Waals surface area contributed by atoms with E-state index in [1.54, 1.807) is 0 Å². The zero-order valence-electron chi connectivity index (χ0n) is 11.4. The van der Waals surface area contributed by atoms with Gasteiger partial charge in [0.2, 0.25) is 0 Å². The van der Waals surface area contributed by atoms with Crippen molar-refractivity contribution in [1.29, 1.82) is 0 Å². The van der Waals surface area contributed by atoms with E-state index in [4.69, 9.17) is 0 Å². The summed E-state index contributed by atoms with van der Waals surface area (Å²) < 4.78 is 2.32. The summed E-state index contributed by atoms with van der Waals surface area (Å²) in [6.07, 6.45) is 6.87. The van der Waals surface area contributed by atoms with Crippen LogP contribution in [0.1, 0.15) is 11.7 Å². The maximum absolute atomic E-state index is 2.32. The van der Waals surface area contributed by atoms with Gasteiger partial charge in [-0.2, -0.15) is 0 Å². The predicted molar refractivity (Wildman–Crippen MR) is 84.9 cm³/mol. The molecule has 2 aromatic carbocycles. The number of para-hydroxylation sites is 2. The largest absolute Gasteiger partial charge is 0.350 e. The van der Waals surface area contributed by atoms with Gasteiger partial charge < -0.3 is 9.47 Å². The lowest BCUT2D eigenvalue weighted by Crippen LogP contribution is -2.29. The fourth-order valence-corrected chi connectivity index (χ4v) is 3.03. The van der Waals surface area contributed by atoms with Crippen molar-refractivity contribution in [3.8, 4) is 0 Å². The molecule has 1 aromatic heterocycles. The molecule has 4 rings (SSSR count). The van der Waals surface area contributed by atoms with Crippen molar-refractivity contribution in [1.82, 2.24) is 4.57 Å². The maximum atomic E-state index is 2.32. The Labute approximate surface area is 118 Å². The minimum absolute atomic E-state index is 0.227. The minimum Gasteiger partial charge on any atom is -0.350 e. The number of fused-ring (bicyclic) bond motifs is 2. The van der Waals surface area contributed by atoms with E-state index in [1.165, 1.54) is 22.2 Å². The summed E-state index contributed by atoms with van der Waals surface area (Å²) in [6, 6.07) is 19.2.